The van der Waals surface area contributed by atoms with E-state index < -0.39 is 0 Å². The highest BCUT2D eigenvalue weighted by atomic mass is 14.7. The van der Waals surface area contributed by atoms with Crippen molar-refractivity contribution in [3.05, 3.63) is 77.6 Å². The maximum Gasteiger partial charge on any atom is 0.0726 e. The van der Waals surface area contributed by atoms with Crippen LogP contribution in [-0.4, -0.2) is 9.97 Å². The molecule has 0 unspecified atom stereocenters. The highest BCUT2D eigenvalue weighted by molar-refractivity contribution is 5.90. The van der Waals surface area contributed by atoms with Crippen molar-refractivity contribution in [2.75, 3.05) is 5.73 Å². The minimum Gasteiger partial charge on any atom is -0.398 e. The van der Waals surface area contributed by atoms with Crippen LogP contribution in [0.4, 0.5) is 5.69 Å². The summed E-state index contributed by atoms with van der Waals surface area (Å²) < 4.78 is 0. The molecule has 0 atom stereocenters. The number of nitrogens with zero attached hydrogens (tertiary/aromatic N) is 2. The molecule has 0 saturated carbocycles. The monoisotopic (exact) mass is 299 g/mol. The summed E-state index contributed by atoms with van der Waals surface area (Å²) >= 11 is 0. The summed E-state index contributed by atoms with van der Waals surface area (Å²) in [6, 6.07) is 20.3. The van der Waals surface area contributed by atoms with Crippen LogP contribution in [0.1, 0.15) is 17.0 Å². The second-order valence-electron chi connectivity index (χ2n) is 5.84. The van der Waals surface area contributed by atoms with Crippen molar-refractivity contribution >= 4 is 27.5 Å². The van der Waals surface area contributed by atoms with Crippen LogP contribution in [0.5, 0.6) is 0 Å². The molecular formula is C20H17N3. The molecule has 0 amide bonds. The number of fused-ring (bicyclic) bond motifs is 2. The fourth-order valence-electron chi connectivity index (χ4n) is 3.09. The number of benzene rings is 2. The molecule has 2 aromatic heterocycles. The molecule has 0 aliphatic rings. The quantitative estimate of drug-likeness (QED) is 0.601. The lowest BCUT2D eigenvalue weighted by Gasteiger charge is -2.09. The topological polar surface area (TPSA) is 51.8 Å². The maximum absolute atomic E-state index is 6.20. The fraction of sp³-hybridized carbons (Fsp3) is 0.100. The highest BCUT2D eigenvalue weighted by Crippen LogP contribution is 2.24. The van der Waals surface area contributed by atoms with E-state index in [2.05, 4.69) is 17.1 Å². The first-order chi connectivity index (χ1) is 11.2. The van der Waals surface area contributed by atoms with Crippen LogP contribution >= 0.6 is 0 Å². The molecule has 0 radical (unpaired) electrons. The molecular weight excluding hydrogens is 282 g/mol. The molecule has 4 aromatic rings. The van der Waals surface area contributed by atoms with Gasteiger partial charge in [-0.15, -0.1) is 0 Å². The van der Waals surface area contributed by atoms with Gasteiger partial charge in [0.2, 0.25) is 0 Å². The zero-order chi connectivity index (χ0) is 15.8. The van der Waals surface area contributed by atoms with Crippen molar-refractivity contribution in [1.82, 2.24) is 9.97 Å². The minimum atomic E-state index is 0.749. The van der Waals surface area contributed by atoms with Crippen LogP contribution in [0.3, 0.4) is 0 Å². The Balaban J connectivity index is 1.85. The van der Waals surface area contributed by atoms with Gasteiger partial charge in [-0.2, -0.15) is 0 Å². The van der Waals surface area contributed by atoms with Gasteiger partial charge in [0, 0.05) is 34.3 Å². The smallest absolute Gasteiger partial charge is 0.0726 e. The van der Waals surface area contributed by atoms with Crippen LogP contribution in [-0.2, 0) is 6.42 Å². The van der Waals surface area contributed by atoms with E-state index in [1.165, 1.54) is 10.9 Å². The third-order valence-corrected chi connectivity index (χ3v) is 4.10. The summed E-state index contributed by atoms with van der Waals surface area (Å²) in [5.41, 5.74) is 12.2. The average molecular weight is 299 g/mol. The van der Waals surface area contributed by atoms with Crippen molar-refractivity contribution in [3.63, 3.8) is 0 Å². The molecule has 0 fully saturated rings. The third kappa shape index (κ3) is 2.50. The minimum absolute atomic E-state index is 0.749. The first-order valence-corrected chi connectivity index (χ1v) is 7.70. The van der Waals surface area contributed by atoms with Crippen molar-refractivity contribution in [2.45, 2.75) is 13.3 Å². The lowest BCUT2D eigenvalue weighted by molar-refractivity contribution is 1.10. The van der Waals surface area contributed by atoms with Crippen molar-refractivity contribution < 1.29 is 0 Å². The molecule has 0 aliphatic carbocycles. The fourth-order valence-corrected chi connectivity index (χ4v) is 3.09. The number of rotatable bonds is 2. The van der Waals surface area contributed by atoms with E-state index in [4.69, 9.17) is 10.7 Å². The molecule has 2 N–H and O–H groups in total. The number of aromatic nitrogens is 2. The summed E-state index contributed by atoms with van der Waals surface area (Å²) in [7, 11) is 0. The van der Waals surface area contributed by atoms with Gasteiger partial charge in [0.1, 0.15) is 0 Å². The van der Waals surface area contributed by atoms with E-state index in [0.717, 1.165) is 39.9 Å². The molecule has 2 heterocycles. The number of hydrogen-bond donors (Lipinski definition) is 1. The van der Waals surface area contributed by atoms with Crippen LogP contribution in [0.2, 0.25) is 0 Å². The zero-order valence-electron chi connectivity index (χ0n) is 13.0. The van der Waals surface area contributed by atoms with Gasteiger partial charge in [0.05, 0.1) is 11.0 Å². The number of anilines is 1. The van der Waals surface area contributed by atoms with Gasteiger partial charge < -0.3 is 5.73 Å². The summed E-state index contributed by atoms with van der Waals surface area (Å²) in [5.74, 6) is 0. The SMILES string of the molecule is Cc1cc(Cc2cc(N)c3ccccc3n2)c2ccccc2n1. The average Bonchev–Trinajstić information content (AvgIpc) is 2.55. The Kier molecular flexibility index (Phi) is 3.19. The predicted molar refractivity (Wildman–Crippen MR) is 95.4 cm³/mol. The lowest BCUT2D eigenvalue weighted by atomic mass is 10.0. The Morgan fingerprint density at radius 1 is 0.826 bits per heavy atom. The van der Waals surface area contributed by atoms with Gasteiger partial charge in [0.15, 0.2) is 0 Å². The molecule has 0 aliphatic heterocycles. The van der Waals surface area contributed by atoms with Crippen LogP contribution in [0.25, 0.3) is 21.8 Å². The molecule has 2 aromatic carbocycles. The summed E-state index contributed by atoms with van der Waals surface area (Å²) in [6.45, 7) is 2.03. The number of aryl methyl sites for hydroxylation is 1. The van der Waals surface area contributed by atoms with E-state index in [0.29, 0.717) is 0 Å². The van der Waals surface area contributed by atoms with Gasteiger partial charge in [-0.1, -0.05) is 36.4 Å². The lowest BCUT2D eigenvalue weighted by Crippen LogP contribution is -1.99. The second kappa shape index (κ2) is 5.36. The third-order valence-electron chi connectivity index (χ3n) is 4.10. The number of hydrogen-bond acceptors (Lipinski definition) is 3. The van der Waals surface area contributed by atoms with Gasteiger partial charge in [0.25, 0.3) is 0 Å². The number of nitrogen functional groups attached to an aromatic ring is 1. The van der Waals surface area contributed by atoms with E-state index >= 15 is 0 Å². The van der Waals surface area contributed by atoms with Crippen LogP contribution in [0, 0.1) is 6.92 Å². The van der Waals surface area contributed by atoms with Crippen molar-refractivity contribution in [2.24, 2.45) is 0 Å². The second-order valence-corrected chi connectivity index (χ2v) is 5.84. The summed E-state index contributed by atoms with van der Waals surface area (Å²) in [6.07, 6.45) is 0.749. The maximum atomic E-state index is 6.20. The molecule has 3 heteroatoms. The van der Waals surface area contributed by atoms with Crippen molar-refractivity contribution in [1.29, 1.82) is 0 Å². The standard InChI is InChI=1S/C20H17N3/c1-13-10-14(16-6-2-4-8-19(16)22-13)11-15-12-18(21)17-7-3-5-9-20(17)23-15/h2-10,12H,11H2,1H3,(H2,21,23). The van der Waals surface area contributed by atoms with Crippen LogP contribution < -0.4 is 5.73 Å². The normalized spacial score (nSPS) is 11.2. The van der Waals surface area contributed by atoms with Gasteiger partial charge in [-0.05, 0) is 36.8 Å². The highest BCUT2D eigenvalue weighted by Gasteiger charge is 2.08. The number of pyridine rings is 2. The molecule has 0 saturated heterocycles. The Bertz CT molecular complexity index is 1020. The zero-order valence-corrected chi connectivity index (χ0v) is 13.0. The molecule has 23 heavy (non-hydrogen) atoms. The summed E-state index contributed by atoms with van der Waals surface area (Å²) in [5, 5.41) is 2.18. The number of para-hydroxylation sites is 2. The Morgan fingerprint density at radius 2 is 1.48 bits per heavy atom. The Hall–Kier alpha value is -2.94. The van der Waals surface area contributed by atoms with E-state index in [9.17, 15) is 0 Å². The summed E-state index contributed by atoms with van der Waals surface area (Å²) in [4.78, 5) is 9.37. The number of nitrogens with two attached hydrogens (primary N) is 1. The van der Waals surface area contributed by atoms with Gasteiger partial charge in [-0.25, -0.2) is 0 Å². The van der Waals surface area contributed by atoms with Crippen molar-refractivity contribution in [3.8, 4) is 0 Å². The molecule has 0 bridgehead atoms. The first kappa shape index (κ1) is 13.7. The predicted octanol–water partition coefficient (Wildman–Crippen LogP) is 4.26. The Morgan fingerprint density at radius 3 is 2.26 bits per heavy atom. The molecule has 0 spiro atoms. The first-order valence-electron chi connectivity index (χ1n) is 7.70. The Labute approximate surface area is 134 Å². The molecule has 3 nitrogen and oxygen atoms in total. The van der Waals surface area contributed by atoms with Gasteiger partial charge >= 0.3 is 0 Å². The largest absolute Gasteiger partial charge is 0.398 e. The van der Waals surface area contributed by atoms with E-state index in [-0.39, 0.29) is 0 Å². The van der Waals surface area contributed by atoms with E-state index in [1.54, 1.807) is 0 Å². The van der Waals surface area contributed by atoms with Crippen LogP contribution in [0.15, 0.2) is 60.7 Å². The van der Waals surface area contributed by atoms with Gasteiger partial charge in [-0.3, -0.25) is 9.97 Å². The molecule has 4 rings (SSSR count). The van der Waals surface area contributed by atoms with E-state index in [1.807, 2.05) is 55.5 Å². The molecule has 112 valence electrons.